The smallest absolute Gasteiger partial charge is 0.161 e. The van der Waals surface area contributed by atoms with E-state index >= 15 is 0 Å². The largest absolute Gasteiger partial charge is 0.503 e. The number of hydrogen-bond donors (Lipinski definition) is 1. The Bertz CT molecular complexity index is 30.6. The molecule has 0 heterocycles. The quantitative estimate of drug-likeness (QED) is 0.603. The van der Waals surface area contributed by atoms with Gasteiger partial charge in [0, 0.05) is 21.1 Å². The zero-order valence-corrected chi connectivity index (χ0v) is 5.40. The molecule has 0 atom stereocenters. The summed E-state index contributed by atoms with van der Waals surface area (Å²) in [5.74, 6) is -1.08. The normalized spacial score (nSPS) is 4.80. The summed E-state index contributed by atoms with van der Waals surface area (Å²) in [6, 6.07) is 0. The molecule has 1 N–H and O–H groups in total. The SMILES string of the molecule is [CH2-]C(=O)O.[W]. The minimum absolute atomic E-state index is 0. The van der Waals surface area contributed by atoms with Crippen LogP contribution in [0, 0.1) is 6.92 Å². The van der Waals surface area contributed by atoms with Gasteiger partial charge < -0.3 is 5.11 Å². The van der Waals surface area contributed by atoms with Crippen LogP contribution in [-0.2, 0) is 25.9 Å². The van der Waals surface area contributed by atoms with E-state index in [2.05, 4.69) is 6.92 Å². The van der Waals surface area contributed by atoms with Gasteiger partial charge in [-0.15, -0.1) is 0 Å². The number of aliphatic carboxylic acids is 1. The van der Waals surface area contributed by atoms with Gasteiger partial charge in [-0.25, -0.2) is 0 Å². The van der Waals surface area contributed by atoms with Gasteiger partial charge in [0.15, 0.2) is 5.97 Å². The van der Waals surface area contributed by atoms with Crippen molar-refractivity contribution in [3.8, 4) is 0 Å². The summed E-state index contributed by atoms with van der Waals surface area (Å²) in [6.07, 6.45) is 0. The second-order valence-electron chi connectivity index (χ2n) is 0.394. The maximum absolute atomic E-state index is 8.89. The molecule has 0 aliphatic rings. The Balaban J connectivity index is 0. The van der Waals surface area contributed by atoms with Crippen LogP contribution >= 0.6 is 0 Å². The third-order valence-corrected chi connectivity index (χ3v) is 0. The molecule has 30 valence electrons. The van der Waals surface area contributed by atoms with Gasteiger partial charge in [0.25, 0.3) is 0 Å². The molecule has 5 heavy (non-hydrogen) atoms. The molecule has 0 rings (SSSR count). The van der Waals surface area contributed by atoms with E-state index in [0.29, 0.717) is 0 Å². The summed E-state index contributed by atoms with van der Waals surface area (Å²) in [5.41, 5.74) is 0. The minimum Gasteiger partial charge on any atom is -0.503 e. The van der Waals surface area contributed by atoms with Gasteiger partial charge in [0.1, 0.15) is 0 Å². The number of carboxylic acids is 1. The molecule has 0 saturated heterocycles. The molecule has 0 amide bonds. The van der Waals surface area contributed by atoms with Gasteiger partial charge in [-0.3, -0.25) is 11.7 Å². The van der Waals surface area contributed by atoms with Crippen molar-refractivity contribution >= 4 is 5.97 Å². The van der Waals surface area contributed by atoms with Crippen molar-refractivity contribution in [3.05, 3.63) is 6.92 Å². The van der Waals surface area contributed by atoms with Crippen molar-refractivity contribution in [2.75, 3.05) is 0 Å². The Morgan fingerprint density at radius 2 is 1.80 bits per heavy atom. The first-order chi connectivity index (χ1) is 1.73. The number of carboxylic acid groups (broad SMARTS) is 1. The second kappa shape index (κ2) is 4.03. The van der Waals surface area contributed by atoms with Crippen LogP contribution in [0.4, 0.5) is 0 Å². The Morgan fingerprint density at radius 3 is 1.80 bits per heavy atom. The first-order valence-corrected chi connectivity index (χ1v) is 0.781. The van der Waals surface area contributed by atoms with Crippen molar-refractivity contribution in [2.45, 2.75) is 0 Å². The summed E-state index contributed by atoms with van der Waals surface area (Å²) in [7, 11) is 0. The Labute approximate surface area is 44.4 Å². The van der Waals surface area contributed by atoms with Gasteiger partial charge >= 0.3 is 0 Å². The van der Waals surface area contributed by atoms with Crippen LogP contribution in [0.2, 0.25) is 0 Å². The van der Waals surface area contributed by atoms with Gasteiger partial charge in [-0.1, -0.05) is 0 Å². The summed E-state index contributed by atoms with van der Waals surface area (Å²) < 4.78 is 0. The minimum atomic E-state index is -1.08. The maximum Gasteiger partial charge on any atom is 0.161 e. The van der Waals surface area contributed by atoms with Gasteiger partial charge in [-0.2, -0.15) is 0 Å². The molecule has 0 aliphatic heterocycles. The van der Waals surface area contributed by atoms with E-state index in [0.717, 1.165) is 0 Å². The topological polar surface area (TPSA) is 37.3 Å². The van der Waals surface area contributed by atoms with Crippen LogP contribution in [0.1, 0.15) is 0 Å². The predicted octanol–water partition coefficient (Wildman–Crippen LogP) is -0.0974. The van der Waals surface area contributed by atoms with Crippen LogP contribution < -0.4 is 0 Å². The van der Waals surface area contributed by atoms with Gasteiger partial charge in [0.2, 0.25) is 0 Å². The molecular weight excluding hydrogens is 240 g/mol. The Kier molecular flexibility index (Phi) is 7.17. The zero-order chi connectivity index (χ0) is 3.58. The molecule has 0 aromatic heterocycles. The monoisotopic (exact) mass is 243 g/mol. The molecule has 0 aliphatic carbocycles. The molecule has 0 radical (unpaired) electrons. The third-order valence-electron chi connectivity index (χ3n) is 0. The summed E-state index contributed by atoms with van der Waals surface area (Å²) in [5, 5.41) is 7.31. The standard InChI is InChI=1S/C2H3O2.W/c1-2(3)4;/h1H2,(H,3,4);/q-1;. The average molecular weight is 243 g/mol. The molecule has 0 bridgehead atoms. The first kappa shape index (κ1) is 8.90. The molecular formula is C2H3O2W-. The summed E-state index contributed by atoms with van der Waals surface area (Å²) in [4.78, 5) is 8.89. The van der Waals surface area contributed by atoms with E-state index in [1.165, 1.54) is 0 Å². The van der Waals surface area contributed by atoms with Crippen LogP contribution in [0.3, 0.4) is 0 Å². The number of carbonyl (C=O) groups is 1. The second-order valence-corrected chi connectivity index (χ2v) is 0.394. The van der Waals surface area contributed by atoms with Crippen molar-refractivity contribution in [2.24, 2.45) is 0 Å². The fraction of sp³-hybridized carbons (Fsp3) is 0. The van der Waals surface area contributed by atoms with E-state index in [9.17, 15) is 0 Å². The van der Waals surface area contributed by atoms with Gasteiger partial charge in [-0.05, 0) is 0 Å². The molecule has 0 spiro atoms. The van der Waals surface area contributed by atoms with E-state index < -0.39 is 5.97 Å². The van der Waals surface area contributed by atoms with E-state index in [1.807, 2.05) is 0 Å². The third kappa shape index (κ3) is 20700. The Morgan fingerprint density at radius 1 is 1.80 bits per heavy atom. The molecule has 0 saturated carbocycles. The molecule has 0 aromatic rings. The van der Waals surface area contributed by atoms with Crippen molar-refractivity contribution in [3.63, 3.8) is 0 Å². The predicted molar refractivity (Wildman–Crippen MR) is 13.0 cm³/mol. The maximum atomic E-state index is 8.89. The van der Waals surface area contributed by atoms with Crippen LogP contribution in [-0.4, -0.2) is 11.1 Å². The molecule has 0 unspecified atom stereocenters. The van der Waals surface area contributed by atoms with E-state index in [-0.39, 0.29) is 21.1 Å². The molecule has 3 heteroatoms. The molecule has 0 aromatic carbocycles. The van der Waals surface area contributed by atoms with Crippen molar-refractivity contribution < 1.29 is 31.0 Å². The first-order valence-electron chi connectivity index (χ1n) is 0.781. The Hall–Kier alpha value is 0.0283. The van der Waals surface area contributed by atoms with E-state index in [4.69, 9.17) is 9.90 Å². The fourth-order valence-electron chi connectivity index (χ4n) is 0. The van der Waals surface area contributed by atoms with Crippen LogP contribution in [0.25, 0.3) is 0 Å². The van der Waals surface area contributed by atoms with E-state index in [1.54, 1.807) is 0 Å². The average Bonchev–Trinajstić information content (AvgIpc) is 0.811. The van der Waals surface area contributed by atoms with Crippen LogP contribution in [0.5, 0.6) is 0 Å². The molecule has 2 nitrogen and oxygen atoms in total. The molecule has 0 fully saturated rings. The van der Waals surface area contributed by atoms with Gasteiger partial charge in [0.05, 0.1) is 0 Å². The zero-order valence-electron chi connectivity index (χ0n) is 2.47. The number of hydrogen-bond acceptors (Lipinski definition) is 1. The van der Waals surface area contributed by atoms with Crippen LogP contribution in [0.15, 0.2) is 0 Å². The van der Waals surface area contributed by atoms with Crippen molar-refractivity contribution in [1.82, 2.24) is 0 Å². The van der Waals surface area contributed by atoms with Crippen molar-refractivity contribution in [1.29, 1.82) is 0 Å². The number of rotatable bonds is 0. The fourth-order valence-corrected chi connectivity index (χ4v) is 0. The summed E-state index contributed by atoms with van der Waals surface area (Å²) in [6.45, 7) is 2.56. The summed E-state index contributed by atoms with van der Waals surface area (Å²) >= 11 is 0.